The first kappa shape index (κ1) is 21.7. The lowest BCUT2D eigenvalue weighted by Gasteiger charge is -2.12. The lowest BCUT2D eigenvalue weighted by atomic mass is 10.2. The smallest absolute Gasteiger partial charge is 0.262 e. The Hall–Kier alpha value is -3.03. The Balaban J connectivity index is 1.81. The van der Waals surface area contributed by atoms with Crippen LogP contribution in [0, 0.1) is 6.92 Å². The summed E-state index contributed by atoms with van der Waals surface area (Å²) in [6.07, 6.45) is 0. The number of carbonyl (C=O) groups is 1. The van der Waals surface area contributed by atoms with Gasteiger partial charge in [-0.1, -0.05) is 29.8 Å². The molecule has 3 aromatic rings. The number of halogens is 1. The molecule has 0 saturated heterocycles. The average molecular weight is 446 g/mol. The van der Waals surface area contributed by atoms with Gasteiger partial charge in [-0.15, -0.1) is 0 Å². The Kier molecular flexibility index (Phi) is 6.64. The summed E-state index contributed by atoms with van der Waals surface area (Å²) in [5.41, 5.74) is 1.18. The molecule has 0 unspecified atom stereocenters. The third-order valence-corrected chi connectivity index (χ3v) is 6.29. The molecule has 1 amide bonds. The number of hydrogen-bond acceptors (Lipinski definition) is 5. The second-order valence-corrected chi connectivity index (χ2v) is 8.84. The van der Waals surface area contributed by atoms with Crippen molar-refractivity contribution in [2.24, 2.45) is 0 Å². The number of amides is 1. The van der Waals surface area contributed by atoms with Crippen molar-refractivity contribution >= 4 is 33.0 Å². The number of anilines is 1. The number of hydrogen-bond donors (Lipinski definition) is 1. The normalized spacial score (nSPS) is 11.0. The van der Waals surface area contributed by atoms with Gasteiger partial charge >= 0.3 is 0 Å². The SMILES string of the molecule is COc1cc(NC(=O)COc2ccccc2C)cc(S(=O)(=O)c2ccc(Cl)cc2)c1. The molecule has 0 radical (unpaired) electrons. The van der Waals surface area contributed by atoms with Crippen molar-refractivity contribution in [2.45, 2.75) is 16.7 Å². The summed E-state index contributed by atoms with van der Waals surface area (Å²) in [5.74, 6) is 0.464. The summed E-state index contributed by atoms with van der Waals surface area (Å²) < 4.78 is 36.7. The van der Waals surface area contributed by atoms with Gasteiger partial charge in [0.1, 0.15) is 11.5 Å². The van der Waals surface area contributed by atoms with E-state index in [9.17, 15) is 13.2 Å². The lowest BCUT2D eigenvalue weighted by molar-refractivity contribution is -0.118. The quantitative estimate of drug-likeness (QED) is 0.578. The van der Waals surface area contributed by atoms with Gasteiger partial charge in [0.25, 0.3) is 5.91 Å². The first-order valence-corrected chi connectivity index (χ1v) is 10.8. The summed E-state index contributed by atoms with van der Waals surface area (Å²) >= 11 is 5.85. The van der Waals surface area contributed by atoms with E-state index in [1.807, 2.05) is 25.1 Å². The van der Waals surface area contributed by atoms with E-state index >= 15 is 0 Å². The van der Waals surface area contributed by atoms with Gasteiger partial charge < -0.3 is 14.8 Å². The molecule has 0 fully saturated rings. The fourth-order valence-corrected chi connectivity index (χ4v) is 4.17. The molecule has 8 heteroatoms. The van der Waals surface area contributed by atoms with Crippen LogP contribution in [0.3, 0.4) is 0 Å². The van der Waals surface area contributed by atoms with Crippen molar-refractivity contribution in [1.82, 2.24) is 0 Å². The van der Waals surface area contributed by atoms with Gasteiger partial charge in [0.2, 0.25) is 9.84 Å². The average Bonchev–Trinajstić information content (AvgIpc) is 2.73. The molecule has 156 valence electrons. The zero-order valence-corrected chi connectivity index (χ0v) is 18.0. The number of aryl methyl sites for hydroxylation is 1. The number of para-hydroxylation sites is 1. The largest absolute Gasteiger partial charge is 0.497 e. The van der Waals surface area contributed by atoms with Crippen LogP contribution in [0.4, 0.5) is 5.69 Å². The molecular formula is C22H20ClNO5S. The minimum Gasteiger partial charge on any atom is -0.497 e. The molecule has 1 N–H and O–H groups in total. The summed E-state index contributed by atoms with van der Waals surface area (Å²) in [5, 5.41) is 3.08. The fourth-order valence-electron chi connectivity index (χ4n) is 2.73. The Labute approximate surface area is 180 Å². The number of ether oxygens (including phenoxy) is 2. The van der Waals surface area contributed by atoms with Crippen LogP contribution in [-0.4, -0.2) is 28.0 Å². The fraction of sp³-hybridized carbons (Fsp3) is 0.136. The first-order chi connectivity index (χ1) is 14.3. The topological polar surface area (TPSA) is 81.7 Å². The van der Waals surface area contributed by atoms with E-state index in [1.165, 1.54) is 49.6 Å². The van der Waals surface area contributed by atoms with E-state index in [-0.39, 0.29) is 22.1 Å². The third-order valence-electron chi connectivity index (χ3n) is 4.29. The van der Waals surface area contributed by atoms with E-state index in [0.717, 1.165) is 5.56 Å². The van der Waals surface area contributed by atoms with Crippen LogP contribution in [-0.2, 0) is 14.6 Å². The van der Waals surface area contributed by atoms with Gasteiger partial charge in [0.15, 0.2) is 6.61 Å². The summed E-state index contributed by atoms with van der Waals surface area (Å²) in [6.45, 7) is 1.66. The number of benzene rings is 3. The predicted molar refractivity (Wildman–Crippen MR) is 115 cm³/mol. The Morgan fingerprint density at radius 2 is 1.70 bits per heavy atom. The highest BCUT2D eigenvalue weighted by Gasteiger charge is 2.20. The van der Waals surface area contributed by atoms with Crippen LogP contribution in [0.2, 0.25) is 5.02 Å². The van der Waals surface area contributed by atoms with Crippen molar-refractivity contribution in [3.63, 3.8) is 0 Å². The van der Waals surface area contributed by atoms with Gasteiger partial charge in [-0.05, 0) is 55.0 Å². The Morgan fingerprint density at radius 1 is 1.00 bits per heavy atom. The van der Waals surface area contributed by atoms with Crippen molar-refractivity contribution in [2.75, 3.05) is 19.0 Å². The highest BCUT2D eigenvalue weighted by molar-refractivity contribution is 7.91. The monoisotopic (exact) mass is 445 g/mol. The van der Waals surface area contributed by atoms with Gasteiger partial charge in [0, 0.05) is 16.8 Å². The third kappa shape index (κ3) is 5.11. The molecule has 6 nitrogen and oxygen atoms in total. The van der Waals surface area contributed by atoms with E-state index in [1.54, 1.807) is 6.07 Å². The molecule has 0 saturated carbocycles. The van der Waals surface area contributed by atoms with Crippen molar-refractivity contribution in [3.05, 3.63) is 77.3 Å². The molecule has 0 atom stereocenters. The zero-order valence-electron chi connectivity index (χ0n) is 16.4. The number of carbonyl (C=O) groups excluding carboxylic acids is 1. The van der Waals surface area contributed by atoms with Crippen molar-refractivity contribution < 1.29 is 22.7 Å². The van der Waals surface area contributed by atoms with Gasteiger partial charge in [0.05, 0.1) is 16.9 Å². The van der Waals surface area contributed by atoms with Crippen LogP contribution < -0.4 is 14.8 Å². The molecule has 0 aliphatic heterocycles. The summed E-state index contributed by atoms with van der Waals surface area (Å²) in [7, 11) is -2.41. The molecule has 0 aromatic heterocycles. The maximum atomic E-state index is 13.0. The van der Waals surface area contributed by atoms with Gasteiger partial charge in [-0.25, -0.2) is 8.42 Å². The molecular weight excluding hydrogens is 426 g/mol. The Bertz CT molecular complexity index is 1160. The molecule has 0 aliphatic carbocycles. The molecule has 0 aliphatic rings. The molecule has 3 aromatic carbocycles. The molecule has 0 spiro atoms. The second kappa shape index (κ2) is 9.19. The minimum absolute atomic E-state index is 0.0145. The lowest BCUT2D eigenvalue weighted by Crippen LogP contribution is -2.20. The Morgan fingerprint density at radius 3 is 2.37 bits per heavy atom. The summed E-state index contributed by atoms with van der Waals surface area (Å²) in [6, 6.07) is 17.5. The summed E-state index contributed by atoms with van der Waals surface area (Å²) in [4.78, 5) is 12.4. The number of nitrogens with one attached hydrogen (secondary N) is 1. The van der Waals surface area contributed by atoms with Crippen molar-refractivity contribution in [1.29, 1.82) is 0 Å². The van der Waals surface area contributed by atoms with E-state index in [4.69, 9.17) is 21.1 Å². The highest BCUT2D eigenvalue weighted by Crippen LogP contribution is 2.29. The van der Waals surface area contributed by atoms with Crippen LogP contribution >= 0.6 is 11.6 Å². The van der Waals surface area contributed by atoms with Crippen LogP contribution in [0.1, 0.15) is 5.56 Å². The minimum atomic E-state index is -3.83. The molecule has 30 heavy (non-hydrogen) atoms. The standard InChI is InChI=1S/C22H20ClNO5S/c1-15-5-3-4-6-21(15)29-14-22(25)24-17-11-18(28-2)13-20(12-17)30(26,27)19-9-7-16(23)8-10-19/h3-13H,14H2,1-2H3,(H,24,25). The van der Waals surface area contributed by atoms with Crippen molar-refractivity contribution in [3.8, 4) is 11.5 Å². The second-order valence-electron chi connectivity index (χ2n) is 6.46. The molecule has 0 heterocycles. The first-order valence-electron chi connectivity index (χ1n) is 8.97. The maximum absolute atomic E-state index is 13.0. The van der Waals surface area contributed by atoms with Crippen LogP contribution in [0.25, 0.3) is 0 Å². The molecule has 3 rings (SSSR count). The number of sulfone groups is 1. The van der Waals surface area contributed by atoms with Crippen LogP contribution in [0.15, 0.2) is 76.5 Å². The van der Waals surface area contributed by atoms with E-state index in [2.05, 4.69) is 5.32 Å². The maximum Gasteiger partial charge on any atom is 0.262 e. The number of methoxy groups -OCH3 is 1. The van der Waals surface area contributed by atoms with Crippen LogP contribution in [0.5, 0.6) is 11.5 Å². The van der Waals surface area contributed by atoms with E-state index < -0.39 is 15.7 Å². The van der Waals surface area contributed by atoms with Gasteiger partial charge in [-0.3, -0.25) is 4.79 Å². The zero-order chi connectivity index (χ0) is 21.7. The molecule has 0 bridgehead atoms. The predicted octanol–water partition coefficient (Wildman–Crippen LogP) is 4.51. The van der Waals surface area contributed by atoms with Gasteiger partial charge in [-0.2, -0.15) is 0 Å². The number of rotatable bonds is 7. The highest BCUT2D eigenvalue weighted by atomic mass is 35.5. The van der Waals surface area contributed by atoms with E-state index in [0.29, 0.717) is 16.5 Å².